The molecular weight excluding hydrogens is 420 g/mol. The largest absolute Gasteiger partial charge is 0.494 e. The molecule has 31 heavy (non-hydrogen) atoms. The number of ether oxygens (including phenoxy) is 2. The molecule has 1 N–H and O–H groups in total. The van der Waals surface area contributed by atoms with Crippen molar-refractivity contribution in [2.75, 3.05) is 32.6 Å². The minimum atomic E-state index is -3.54. The predicted molar refractivity (Wildman–Crippen MR) is 118 cm³/mol. The van der Waals surface area contributed by atoms with Crippen LogP contribution in [0.25, 0.3) is 0 Å². The molecule has 0 aliphatic carbocycles. The van der Waals surface area contributed by atoms with Crippen LogP contribution in [0.4, 0.5) is 5.69 Å². The number of benzene rings is 2. The van der Waals surface area contributed by atoms with Crippen molar-refractivity contribution in [2.24, 2.45) is 0 Å². The van der Waals surface area contributed by atoms with Gasteiger partial charge in [0.1, 0.15) is 5.75 Å². The van der Waals surface area contributed by atoms with Crippen LogP contribution in [0.3, 0.4) is 0 Å². The van der Waals surface area contributed by atoms with E-state index in [2.05, 4.69) is 12.2 Å². The summed E-state index contributed by atoms with van der Waals surface area (Å²) in [5.74, 6) is -0.488. The van der Waals surface area contributed by atoms with E-state index >= 15 is 0 Å². The van der Waals surface area contributed by atoms with Gasteiger partial charge in [0.25, 0.3) is 5.91 Å². The number of nitrogens with one attached hydrogen (secondary N) is 1. The Morgan fingerprint density at radius 3 is 2.19 bits per heavy atom. The molecule has 1 amide bonds. The molecule has 0 unspecified atom stereocenters. The average molecular weight is 449 g/mol. The molecule has 0 saturated carbocycles. The third-order valence-corrected chi connectivity index (χ3v) is 6.19. The van der Waals surface area contributed by atoms with Gasteiger partial charge in [-0.05, 0) is 55.0 Å². The van der Waals surface area contributed by atoms with Crippen LogP contribution in [-0.4, -0.2) is 51.9 Å². The number of nitrogens with zero attached hydrogens (tertiary/aromatic N) is 1. The minimum Gasteiger partial charge on any atom is -0.494 e. The summed E-state index contributed by atoms with van der Waals surface area (Å²) < 4.78 is 35.8. The number of unbranched alkanes of at least 4 members (excludes halogenated alkanes) is 2. The summed E-state index contributed by atoms with van der Waals surface area (Å²) in [5, 5.41) is 2.55. The molecule has 0 radical (unpaired) electrons. The van der Waals surface area contributed by atoms with Crippen LogP contribution in [0.5, 0.6) is 5.75 Å². The molecule has 0 fully saturated rings. The standard InChI is InChI=1S/C22H28N2O6S/c1-4-5-6-15-29-19-11-7-17(8-12-19)22(26)30-16-21(25)23-18-9-13-20(14-10-18)31(27,28)24(2)3/h7-14H,4-6,15-16H2,1-3H3,(H,23,25). The van der Waals surface area contributed by atoms with Crippen LogP contribution in [0, 0.1) is 0 Å². The molecule has 0 heterocycles. The molecule has 0 bridgehead atoms. The maximum atomic E-state index is 12.1. The van der Waals surface area contributed by atoms with Crippen molar-refractivity contribution in [1.29, 1.82) is 0 Å². The molecule has 0 saturated heterocycles. The van der Waals surface area contributed by atoms with Gasteiger partial charge in [-0.15, -0.1) is 0 Å². The number of rotatable bonds is 11. The molecule has 9 heteroatoms. The van der Waals surface area contributed by atoms with Crippen molar-refractivity contribution in [2.45, 2.75) is 31.1 Å². The van der Waals surface area contributed by atoms with Crippen LogP contribution in [0.1, 0.15) is 36.5 Å². The number of anilines is 1. The molecule has 2 rings (SSSR count). The number of amides is 1. The molecule has 0 spiro atoms. The van der Waals surface area contributed by atoms with Crippen molar-refractivity contribution >= 4 is 27.6 Å². The SMILES string of the molecule is CCCCCOc1ccc(C(=O)OCC(=O)Nc2ccc(S(=O)(=O)N(C)C)cc2)cc1. The number of carbonyl (C=O) groups is 2. The van der Waals surface area contributed by atoms with E-state index in [1.807, 2.05) is 0 Å². The number of carbonyl (C=O) groups excluding carboxylic acids is 2. The summed E-state index contributed by atoms with van der Waals surface area (Å²) in [6.45, 7) is 2.28. The van der Waals surface area contributed by atoms with Gasteiger partial charge in [-0.1, -0.05) is 19.8 Å². The Hall–Kier alpha value is -2.91. The van der Waals surface area contributed by atoms with Gasteiger partial charge in [0.15, 0.2) is 6.61 Å². The predicted octanol–water partition coefficient (Wildman–Crippen LogP) is 3.30. The smallest absolute Gasteiger partial charge is 0.338 e. The van der Waals surface area contributed by atoms with Crippen LogP contribution in [0.2, 0.25) is 0 Å². The monoisotopic (exact) mass is 448 g/mol. The molecule has 0 aliphatic heterocycles. The third kappa shape index (κ3) is 7.37. The molecule has 0 atom stereocenters. The van der Waals surface area contributed by atoms with Crippen molar-refractivity contribution in [3.63, 3.8) is 0 Å². The minimum absolute atomic E-state index is 0.111. The van der Waals surface area contributed by atoms with Crippen LogP contribution in [0.15, 0.2) is 53.4 Å². The maximum Gasteiger partial charge on any atom is 0.338 e. The molecule has 8 nitrogen and oxygen atoms in total. The Balaban J connectivity index is 1.82. The van der Waals surface area contributed by atoms with E-state index in [9.17, 15) is 18.0 Å². The van der Waals surface area contributed by atoms with Crippen molar-refractivity contribution in [3.8, 4) is 5.75 Å². The van der Waals surface area contributed by atoms with Gasteiger partial charge in [0, 0.05) is 19.8 Å². The van der Waals surface area contributed by atoms with Gasteiger partial charge in [0.2, 0.25) is 10.0 Å². The maximum absolute atomic E-state index is 12.1. The first kappa shape index (κ1) is 24.4. The molecular formula is C22H28N2O6S. The highest BCUT2D eigenvalue weighted by Crippen LogP contribution is 2.17. The topological polar surface area (TPSA) is 102 Å². The number of hydrogen-bond donors (Lipinski definition) is 1. The lowest BCUT2D eigenvalue weighted by molar-refractivity contribution is -0.119. The fraction of sp³-hybridized carbons (Fsp3) is 0.364. The Labute approximate surface area is 183 Å². The molecule has 2 aromatic rings. The van der Waals surface area contributed by atoms with Crippen LogP contribution in [-0.2, 0) is 19.6 Å². The summed E-state index contributed by atoms with van der Waals surface area (Å²) in [5.41, 5.74) is 0.704. The summed E-state index contributed by atoms with van der Waals surface area (Å²) >= 11 is 0. The second-order valence-electron chi connectivity index (χ2n) is 7.02. The van der Waals surface area contributed by atoms with Crippen molar-refractivity contribution in [3.05, 3.63) is 54.1 Å². The van der Waals surface area contributed by atoms with Gasteiger partial charge >= 0.3 is 5.97 Å². The van der Waals surface area contributed by atoms with Crippen molar-refractivity contribution < 1.29 is 27.5 Å². The highest BCUT2D eigenvalue weighted by molar-refractivity contribution is 7.89. The van der Waals surface area contributed by atoms with Crippen molar-refractivity contribution in [1.82, 2.24) is 4.31 Å². The number of sulfonamides is 1. The summed E-state index contributed by atoms with van der Waals surface area (Å²) in [6, 6.07) is 12.3. The van der Waals surface area contributed by atoms with E-state index in [0.717, 1.165) is 23.6 Å². The number of esters is 1. The average Bonchev–Trinajstić information content (AvgIpc) is 2.76. The summed E-state index contributed by atoms with van der Waals surface area (Å²) in [7, 11) is -0.667. The second-order valence-corrected chi connectivity index (χ2v) is 9.17. The Bertz CT molecular complexity index is 970. The van der Waals surface area contributed by atoms with Gasteiger partial charge in [-0.2, -0.15) is 0 Å². The highest BCUT2D eigenvalue weighted by Gasteiger charge is 2.17. The zero-order valence-corrected chi connectivity index (χ0v) is 18.8. The third-order valence-electron chi connectivity index (χ3n) is 4.36. The fourth-order valence-electron chi connectivity index (χ4n) is 2.56. The summed E-state index contributed by atoms with van der Waals surface area (Å²) in [6.07, 6.45) is 3.20. The van der Waals surface area contributed by atoms with Gasteiger partial charge in [0.05, 0.1) is 17.1 Å². The Morgan fingerprint density at radius 2 is 1.61 bits per heavy atom. The van der Waals surface area contributed by atoms with E-state index < -0.39 is 28.5 Å². The quantitative estimate of drug-likeness (QED) is 0.418. The number of hydrogen-bond acceptors (Lipinski definition) is 6. The normalized spacial score (nSPS) is 11.2. The van der Waals surface area contributed by atoms with Gasteiger partial charge in [-0.25, -0.2) is 17.5 Å². The van der Waals surface area contributed by atoms with E-state index in [1.165, 1.54) is 38.4 Å². The lowest BCUT2D eigenvalue weighted by Crippen LogP contribution is -2.22. The first-order valence-corrected chi connectivity index (χ1v) is 11.4. The van der Waals surface area contributed by atoms with Gasteiger partial charge < -0.3 is 14.8 Å². The molecule has 0 aliphatic rings. The van der Waals surface area contributed by atoms with Crippen LogP contribution < -0.4 is 10.1 Å². The first-order chi connectivity index (χ1) is 14.7. The first-order valence-electron chi connectivity index (χ1n) is 9.96. The highest BCUT2D eigenvalue weighted by atomic mass is 32.2. The summed E-state index contributed by atoms with van der Waals surface area (Å²) in [4.78, 5) is 24.3. The lowest BCUT2D eigenvalue weighted by Gasteiger charge is -2.12. The Morgan fingerprint density at radius 1 is 0.968 bits per heavy atom. The lowest BCUT2D eigenvalue weighted by atomic mass is 10.2. The van der Waals surface area contributed by atoms with E-state index in [4.69, 9.17) is 9.47 Å². The van der Waals surface area contributed by atoms with Gasteiger partial charge in [-0.3, -0.25) is 4.79 Å². The molecule has 2 aromatic carbocycles. The van der Waals surface area contributed by atoms with E-state index in [1.54, 1.807) is 24.3 Å². The second kappa shape index (κ2) is 11.5. The molecule has 0 aromatic heterocycles. The van der Waals surface area contributed by atoms with E-state index in [-0.39, 0.29) is 4.90 Å². The van der Waals surface area contributed by atoms with E-state index in [0.29, 0.717) is 23.6 Å². The van der Waals surface area contributed by atoms with Crippen LogP contribution >= 0.6 is 0 Å². The molecule has 168 valence electrons. The fourth-order valence-corrected chi connectivity index (χ4v) is 3.46. The Kier molecular flexibility index (Phi) is 9.02. The zero-order chi connectivity index (χ0) is 22.9. The zero-order valence-electron chi connectivity index (χ0n) is 18.0.